The third-order valence-corrected chi connectivity index (χ3v) is 1.12. The molecule has 0 atom stereocenters. The topological polar surface area (TPSA) is 29.5 Å². The number of carbonyl (C=O) groups excluding carboxylic acids is 1. The lowest BCUT2D eigenvalue weighted by atomic mass is 10.4. The van der Waals surface area contributed by atoms with E-state index in [-0.39, 0.29) is 11.3 Å². The van der Waals surface area contributed by atoms with Gasteiger partial charge in [-0.25, -0.2) is 4.79 Å². The van der Waals surface area contributed by atoms with Gasteiger partial charge in [-0.05, 0) is 21.0 Å². The van der Waals surface area contributed by atoms with E-state index in [0.29, 0.717) is 12.2 Å². The molecule has 0 amide bonds. The minimum atomic E-state index is -0.313. The Labute approximate surface area is 95.6 Å². The van der Waals surface area contributed by atoms with E-state index in [1.54, 1.807) is 6.92 Å². The number of halogens is 2. The summed E-state index contributed by atoms with van der Waals surface area (Å²) in [7, 11) is 3.85. The average Bonchev–Trinajstić information content (AvgIpc) is 2.04. The summed E-state index contributed by atoms with van der Waals surface area (Å²) in [6, 6.07) is 0. The van der Waals surface area contributed by atoms with Crippen LogP contribution >= 0.6 is 23.2 Å². The Morgan fingerprint density at radius 1 is 1.43 bits per heavy atom. The number of hydrogen-bond acceptors (Lipinski definition) is 3. The molecule has 0 spiro atoms. The molecular formula is C9H17Cl2NO2. The second-order valence-electron chi connectivity index (χ2n) is 2.82. The highest BCUT2D eigenvalue weighted by atomic mass is 35.5. The zero-order valence-corrected chi connectivity index (χ0v) is 10.4. The first-order valence-electron chi connectivity index (χ1n) is 4.05. The zero-order valence-electron chi connectivity index (χ0n) is 8.85. The molecule has 3 nitrogen and oxygen atoms in total. The quantitative estimate of drug-likeness (QED) is 0.429. The van der Waals surface area contributed by atoms with Crippen molar-refractivity contribution in [2.75, 3.05) is 32.6 Å². The highest BCUT2D eigenvalue weighted by Crippen LogP contribution is 1.91. The van der Waals surface area contributed by atoms with Gasteiger partial charge in [0.15, 0.2) is 0 Å². The minimum Gasteiger partial charge on any atom is -0.461 e. The molecule has 0 rings (SSSR count). The van der Waals surface area contributed by atoms with E-state index in [4.69, 9.17) is 27.9 Å². The van der Waals surface area contributed by atoms with Crippen molar-refractivity contribution in [1.82, 2.24) is 4.90 Å². The molecule has 0 aliphatic carbocycles. The summed E-state index contributed by atoms with van der Waals surface area (Å²) in [4.78, 5) is 12.7. The first-order valence-corrected chi connectivity index (χ1v) is 5.11. The van der Waals surface area contributed by atoms with Crippen LogP contribution in [0.3, 0.4) is 0 Å². The van der Waals surface area contributed by atoms with Crippen LogP contribution < -0.4 is 0 Å². The molecule has 0 aliphatic rings. The van der Waals surface area contributed by atoms with Gasteiger partial charge in [0.25, 0.3) is 0 Å². The summed E-state index contributed by atoms with van der Waals surface area (Å²) in [6.45, 7) is 6.28. The summed E-state index contributed by atoms with van der Waals surface area (Å²) >= 11 is 9.53. The molecule has 0 N–H and O–H groups in total. The zero-order chi connectivity index (χ0) is 11.6. The van der Waals surface area contributed by atoms with Crippen molar-refractivity contribution in [3.8, 4) is 0 Å². The Morgan fingerprint density at radius 3 is 2.14 bits per heavy atom. The van der Waals surface area contributed by atoms with Crippen molar-refractivity contribution in [1.29, 1.82) is 0 Å². The molecule has 0 saturated carbocycles. The van der Waals surface area contributed by atoms with Gasteiger partial charge in [0.05, 0.1) is 5.34 Å². The van der Waals surface area contributed by atoms with Gasteiger partial charge in [-0.15, -0.1) is 23.2 Å². The van der Waals surface area contributed by atoms with Crippen LogP contribution in [0.1, 0.15) is 6.92 Å². The third kappa shape index (κ3) is 14.3. The van der Waals surface area contributed by atoms with Gasteiger partial charge in [0, 0.05) is 12.1 Å². The van der Waals surface area contributed by atoms with Gasteiger partial charge in [0.2, 0.25) is 0 Å². The average molecular weight is 242 g/mol. The molecule has 0 saturated heterocycles. The first kappa shape index (κ1) is 16.2. The Hall–Kier alpha value is -0.250. The van der Waals surface area contributed by atoms with Crippen molar-refractivity contribution in [3.63, 3.8) is 0 Å². The van der Waals surface area contributed by atoms with Crippen molar-refractivity contribution < 1.29 is 9.53 Å². The molecule has 0 radical (unpaired) electrons. The van der Waals surface area contributed by atoms with Crippen molar-refractivity contribution in [3.05, 3.63) is 12.2 Å². The highest BCUT2D eigenvalue weighted by Gasteiger charge is 2.01. The van der Waals surface area contributed by atoms with Crippen LogP contribution in [0.15, 0.2) is 12.2 Å². The summed E-state index contributed by atoms with van der Waals surface area (Å²) in [5.74, 6) is -0.313. The number of likely N-dealkylation sites (N-methyl/N-ethyl adjacent to an activating group) is 1. The van der Waals surface area contributed by atoms with Gasteiger partial charge >= 0.3 is 5.97 Å². The summed E-state index contributed by atoms with van der Waals surface area (Å²) in [5, 5.41) is 0.194. The molecule has 84 valence electrons. The second-order valence-corrected chi connectivity index (χ2v) is 3.63. The monoisotopic (exact) mass is 241 g/mol. The molecular weight excluding hydrogens is 225 g/mol. The SMILES string of the molecule is C=C(C)C(=O)OCCN(C)C.ClCCl. The Kier molecular flexibility index (Phi) is 12.5. The van der Waals surface area contributed by atoms with Crippen LogP contribution in [0.5, 0.6) is 0 Å². The Balaban J connectivity index is 0. The van der Waals surface area contributed by atoms with Gasteiger partial charge < -0.3 is 9.64 Å². The standard InChI is InChI=1S/C8H15NO2.CH2Cl2/c1-7(2)8(10)11-6-5-9(3)4;2-1-3/h1,5-6H2,2-4H3;1H2. The number of carbonyl (C=O) groups is 1. The number of nitrogens with zero attached hydrogens (tertiary/aromatic N) is 1. The fourth-order valence-electron chi connectivity index (χ4n) is 0.444. The molecule has 0 heterocycles. The first-order chi connectivity index (χ1) is 6.45. The molecule has 0 fully saturated rings. The fraction of sp³-hybridized carbons (Fsp3) is 0.667. The van der Waals surface area contributed by atoms with Crippen LogP contribution in [0.2, 0.25) is 0 Å². The van der Waals surface area contributed by atoms with E-state index in [0.717, 1.165) is 6.54 Å². The number of hydrogen-bond donors (Lipinski definition) is 0. The smallest absolute Gasteiger partial charge is 0.333 e. The normalized spacial score (nSPS) is 9.00. The van der Waals surface area contributed by atoms with Gasteiger partial charge in [-0.1, -0.05) is 6.58 Å². The van der Waals surface area contributed by atoms with E-state index >= 15 is 0 Å². The van der Waals surface area contributed by atoms with Crippen LogP contribution in [-0.4, -0.2) is 43.5 Å². The molecule has 0 aromatic rings. The summed E-state index contributed by atoms with van der Waals surface area (Å²) in [6.07, 6.45) is 0. The third-order valence-electron chi connectivity index (χ3n) is 1.12. The number of ether oxygens (including phenoxy) is 1. The molecule has 0 bridgehead atoms. The molecule has 5 heteroatoms. The van der Waals surface area contributed by atoms with E-state index in [2.05, 4.69) is 6.58 Å². The maximum absolute atomic E-state index is 10.8. The van der Waals surface area contributed by atoms with Crippen LogP contribution in [0.4, 0.5) is 0 Å². The minimum absolute atomic E-state index is 0.194. The van der Waals surface area contributed by atoms with Crippen LogP contribution in [0.25, 0.3) is 0 Å². The number of esters is 1. The van der Waals surface area contributed by atoms with Gasteiger partial charge in [0.1, 0.15) is 6.61 Å². The second kappa shape index (κ2) is 10.8. The van der Waals surface area contributed by atoms with E-state index in [1.807, 2.05) is 19.0 Å². The predicted molar refractivity (Wildman–Crippen MR) is 60.9 cm³/mol. The lowest BCUT2D eigenvalue weighted by Gasteiger charge is -2.09. The molecule has 0 aliphatic heterocycles. The van der Waals surface area contributed by atoms with Crippen LogP contribution in [0, 0.1) is 0 Å². The summed E-state index contributed by atoms with van der Waals surface area (Å²) in [5.41, 5.74) is 0.448. The van der Waals surface area contributed by atoms with Crippen LogP contribution in [-0.2, 0) is 9.53 Å². The lowest BCUT2D eigenvalue weighted by molar-refractivity contribution is -0.139. The molecule has 14 heavy (non-hydrogen) atoms. The lowest BCUT2D eigenvalue weighted by Crippen LogP contribution is -2.20. The Bertz CT molecular complexity index is 172. The van der Waals surface area contributed by atoms with E-state index in [9.17, 15) is 4.79 Å². The maximum Gasteiger partial charge on any atom is 0.333 e. The van der Waals surface area contributed by atoms with E-state index in [1.165, 1.54) is 0 Å². The molecule has 0 unspecified atom stereocenters. The van der Waals surface area contributed by atoms with Crippen molar-refractivity contribution in [2.24, 2.45) is 0 Å². The van der Waals surface area contributed by atoms with E-state index < -0.39 is 0 Å². The highest BCUT2D eigenvalue weighted by molar-refractivity contribution is 6.40. The molecule has 0 aromatic heterocycles. The number of rotatable bonds is 4. The Morgan fingerprint density at radius 2 is 1.86 bits per heavy atom. The van der Waals surface area contributed by atoms with Gasteiger partial charge in [-0.2, -0.15) is 0 Å². The number of alkyl halides is 2. The van der Waals surface area contributed by atoms with Crippen molar-refractivity contribution in [2.45, 2.75) is 6.92 Å². The maximum atomic E-state index is 10.8. The predicted octanol–water partition coefficient (Wildman–Crippen LogP) is 2.09. The molecule has 0 aromatic carbocycles. The fourth-order valence-corrected chi connectivity index (χ4v) is 0.444. The summed E-state index contributed by atoms with van der Waals surface area (Å²) < 4.78 is 4.83. The largest absolute Gasteiger partial charge is 0.461 e. The van der Waals surface area contributed by atoms with Crippen molar-refractivity contribution >= 4 is 29.2 Å². The van der Waals surface area contributed by atoms with Gasteiger partial charge in [-0.3, -0.25) is 0 Å².